The summed E-state index contributed by atoms with van der Waals surface area (Å²) in [5, 5.41) is 5.22. The van der Waals surface area contributed by atoms with Crippen LogP contribution in [0.5, 0.6) is 0 Å². The Bertz CT molecular complexity index is 1000. The van der Waals surface area contributed by atoms with Crippen molar-refractivity contribution in [3.63, 3.8) is 0 Å². The summed E-state index contributed by atoms with van der Waals surface area (Å²) in [5.74, 6) is -1.64. The van der Waals surface area contributed by atoms with Crippen LogP contribution in [0.4, 0.5) is 5.69 Å². The molecular weight excluding hydrogens is 396 g/mol. The number of ether oxygens (including phenoxy) is 1. The number of benzene rings is 2. The summed E-state index contributed by atoms with van der Waals surface area (Å²) < 4.78 is 27.5. The molecular formula is C20H22N2O6S. The zero-order valence-electron chi connectivity index (χ0n) is 16.1. The van der Waals surface area contributed by atoms with Gasteiger partial charge in [0.25, 0.3) is 11.8 Å². The number of sulfone groups is 1. The van der Waals surface area contributed by atoms with Crippen molar-refractivity contribution in [1.82, 2.24) is 5.32 Å². The summed E-state index contributed by atoms with van der Waals surface area (Å²) in [4.78, 5) is 35.9. The number of esters is 1. The minimum absolute atomic E-state index is 0.125. The lowest BCUT2D eigenvalue weighted by molar-refractivity contribution is -0.119. The predicted octanol–water partition coefficient (Wildman–Crippen LogP) is 1.78. The van der Waals surface area contributed by atoms with Crippen LogP contribution in [0.1, 0.15) is 33.2 Å². The van der Waals surface area contributed by atoms with E-state index in [1.807, 2.05) is 0 Å². The van der Waals surface area contributed by atoms with Gasteiger partial charge < -0.3 is 15.4 Å². The summed E-state index contributed by atoms with van der Waals surface area (Å²) in [7, 11) is -3.17. The Hall–Kier alpha value is -3.20. The third-order valence-electron chi connectivity index (χ3n) is 3.70. The van der Waals surface area contributed by atoms with Crippen molar-refractivity contribution in [1.29, 1.82) is 0 Å². The summed E-state index contributed by atoms with van der Waals surface area (Å²) in [6.07, 6.45) is 1.12. The van der Waals surface area contributed by atoms with Crippen molar-refractivity contribution in [3.05, 3.63) is 65.2 Å². The maximum Gasteiger partial charge on any atom is 0.338 e. The quantitative estimate of drug-likeness (QED) is 0.631. The largest absolute Gasteiger partial charge is 0.452 e. The fourth-order valence-corrected chi connectivity index (χ4v) is 3.25. The zero-order chi connectivity index (χ0) is 21.4. The Morgan fingerprint density at radius 1 is 1.00 bits per heavy atom. The number of hydrogen-bond acceptors (Lipinski definition) is 6. The average molecular weight is 418 g/mol. The highest BCUT2D eigenvalue weighted by Crippen LogP contribution is 2.12. The van der Waals surface area contributed by atoms with Gasteiger partial charge in [-0.1, -0.05) is 18.2 Å². The van der Waals surface area contributed by atoms with Gasteiger partial charge in [0.15, 0.2) is 16.4 Å². The molecule has 154 valence electrons. The lowest BCUT2D eigenvalue weighted by atomic mass is 10.1. The van der Waals surface area contributed by atoms with E-state index in [0.29, 0.717) is 23.4 Å². The van der Waals surface area contributed by atoms with Gasteiger partial charge in [0, 0.05) is 24.1 Å². The van der Waals surface area contributed by atoms with E-state index in [9.17, 15) is 22.8 Å². The number of rotatable bonds is 8. The monoisotopic (exact) mass is 418 g/mol. The smallest absolute Gasteiger partial charge is 0.338 e. The third kappa shape index (κ3) is 7.38. The lowest BCUT2D eigenvalue weighted by Gasteiger charge is -2.08. The number of nitrogens with one attached hydrogen (secondary N) is 2. The highest BCUT2D eigenvalue weighted by atomic mass is 32.2. The summed E-state index contributed by atoms with van der Waals surface area (Å²) in [6.45, 7) is 1.78. The van der Waals surface area contributed by atoms with Crippen LogP contribution in [0.2, 0.25) is 0 Å². The van der Waals surface area contributed by atoms with Crippen LogP contribution in [0, 0.1) is 0 Å². The topological polar surface area (TPSA) is 119 Å². The summed E-state index contributed by atoms with van der Waals surface area (Å²) >= 11 is 0. The highest BCUT2D eigenvalue weighted by Gasteiger charge is 2.12. The fraction of sp³-hybridized carbons (Fsp3) is 0.250. The van der Waals surface area contributed by atoms with Crippen molar-refractivity contribution in [2.24, 2.45) is 0 Å². The molecule has 2 aromatic carbocycles. The molecule has 0 atom stereocenters. The number of carbonyl (C=O) groups excluding carboxylic acids is 3. The average Bonchev–Trinajstić information content (AvgIpc) is 2.66. The van der Waals surface area contributed by atoms with Crippen LogP contribution >= 0.6 is 0 Å². The van der Waals surface area contributed by atoms with Crippen molar-refractivity contribution < 1.29 is 27.5 Å². The van der Waals surface area contributed by atoms with E-state index in [1.54, 1.807) is 25.1 Å². The second-order valence-electron chi connectivity index (χ2n) is 6.33. The molecule has 0 spiro atoms. The molecule has 0 aromatic heterocycles. The molecule has 0 saturated heterocycles. The number of carbonyl (C=O) groups is 3. The Morgan fingerprint density at radius 2 is 1.69 bits per heavy atom. The van der Waals surface area contributed by atoms with Gasteiger partial charge in [0.1, 0.15) is 0 Å². The minimum atomic E-state index is -3.17. The molecule has 2 amide bonds. The van der Waals surface area contributed by atoms with E-state index in [1.165, 1.54) is 30.3 Å². The molecule has 2 N–H and O–H groups in total. The fourth-order valence-electron chi connectivity index (χ4n) is 2.45. The van der Waals surface area contributed by atoms with E-state index in [4.69, 9.17) is 4.74 Å². The van der Waals surface area contributed by atoms with Crippen molar-refractivity contribution in [2.45, 2.75) is 12.7 Å². The summed E-state index contributed by atoms with van der Waals surface area (Å²) in [6, 6.07) is 12.3. The third-order valence-corrected chi connectivity index (χ3v) is 4.56. The predicted molar refractivity (Wildman–Crippen MR) is 108 cm³/mol. The maximum atomic E-state index is 12.0. The second-order valence-corrected chi connectivity index (χ2v) is 8.47. The molecule has 0 aliphatic rings. The lowest BCUT2D eigenvalue weighted by Crippen LogP contribution is -2.23. The van der Waals surface area contributed by atoms with Crippen LogP contribution in [-0.2, 0) is 25.1 Å². The van der Waals surface area contributed by atoms with Crippen LogP contribution in [0.3, 0.4) is 0 Å². The first kappa shape index (κ1) is 22.1. The van der Waals surface area contributed by atoms with Crippen molar-refractivity contribution in [3.8, 4) is 0 Å². The molecule has 8 nitrogen and oxygen atoms in total. The molecule has 2 rings (SSSR count). The number of amides is 2. The normalized spacial score (nSPS) is 10.8. The highest BCUT2D eigenvalue weighted by molar-refractivity contribution is 7.89. The minimum Gasteiger partial charge on any atom is -0.452 e. The van der Waals surface area contributed by atoms with Gasteiger partial charge in [-0.05, 0) is 42.8 Å². The molecule has 0 unspecified atom stereocenters. The number of anilines is 1. The first-order valence-electron chi connectivity index (χ1n) is 8.80. The Labute approximate surface area is 169 Å². The second kappa shape index (κ2) is 9.83. The Balaban J connectivity index is 1.89. The van der Waals surface area contributed by atoms with Gasteiger partial charge in [-0.2, -0.15) is 0 Å². The van der Waals surface area contributed by atoms with Gasteiger partial charge in [-0.15, -0.1) is 0 Å². The molecule has 29 heavy (non-hydrogen) atoms. The molecule has 0 aliphatic heterocycles. The van der Waals surface area contributed by atoms with Gasteiger partial charge in [-0.3, -0.25) is 9.59 Å². The Morgan fingerprint density at radius 3 is 2.31 bits per heavy atom. The van der Waals surface area contributed by atoms with Crippen LogP contribution in [-0.4, -0.2) is 45.6 Å². The van der Waals surface area contributed by atoms with Crippen LogP contribution in [0.25, 0.3) is 0 Å². The molecule has 2 aromatic rings. The van der Waals surface area contributed by atoms with Gasteiger partial charge >= 0.3 is 5.97 Å². The molecule has 0 radical (unpaired) electrons. The zero-order valence-corrected chi connectivity index (χ0v) is 16.9. The van der Waals surface area contributed by atoms with Crippen molar-refractivity contribution in [2.75, 3.05) is 24.7 Å². The van der Waals surface area contributed by atoms with E-state index in [0.717, 1.165) is 6.26 Å². The molecule has 0 saturated carbocycles. The molecule has 0 bridgehead atoms. The molecule has 0 heterocycles. The number of hydrogen-bond donors (Lipinski definition) is 2. The van der Waals surface area contributed by atoms with Gasteiger partial charge in [0.05, 0.1) is 11.3 Å². The van der Waals surface area contributed by atoms with Crippen molar-refractivity contribution >= 4 is 33.3 Å². The van der Waals surface area contributed by atoms with Gasteiger partial charge in [-0.25, -0.2) is 13.2 Å². The first-order chi connectivity index (χ1) is 13.7. The Kier molecular flexibility index (Phi) is 7.49. The van der Waals surface area contributed by atoms with Gasteiger partial charge in [0.2, 0.25) is 0 Å². The standard InChI is InChI=1S/C20H22N2O6S/c1-3-21-19(24)16-5-4-6-17(11-16)22-18(23)12-28-20(25)15-9-7-14(8-10-15)13-29(2,26)27/h4-11H,3,12-13H2,1-2H3,(H,21,24)(H,22,23). The first-order valence-corrected chi connectivity index (χ1v) is 10.9. The SMILES string of the molecule is CCNC(=O)c1cccc(NC(=O)COC(=O)c2ccc(CS(C)(=O)=O)cc2)c1. The maximum absolute atomic E-state index is 12.0. The molecule has 0 aliphatic carbocycles. The van der Waals surface area contributed by atoms with Crippen LogP contribution in [0.15, 0.2) is 48.5 Å². The van der Waals surface area contributed by atoms with E-state index in [-0.39, 0.29) is 17.2 Å². The van der Waals surface area contributed by atoms with Crippen LogP contribution < -0.4 is 10.6 Å². The van der Waals surface area contributed by atoms with E-state index < -0.39 is 28.3 Å². The van der Waals surface area contributed by atoms with E-state index >= 15 is 0 Å². The molecule has 0 fully saturated rings. The van der Waals surface area contributed by atoms with E-state index in [2.05, 4.69) is 10.6 Å². The molecule has 9 heteroatoms. The summed E-state index contributed by atoms with van der Waals surface area (Å²) in [5.41, 5.74) is 1.55.